The minimum Gasteiger partial charge on any atom is -0.351 e. The number of nitrogens with one attached hydrogen (secondary N) is 1. The van der Waals surface area contributed by atoms with E-state index < -0.39 is 17.3 Å². The molecule has 0 amide bonds. The van der Waals surface area contributed by atoms with Gasteiger partial charge in [0.15, 0.2) is 0 Å². The second kappa shape index (κ2) is 4.52. The molecule has 0 atom stereocenters. The molecular formula is C13H14BrF3N2. The third-order valence-corrected chi connectivity index (χ3v) is 3.72. The summed E-state index contributed by atoms with van der Waals surface area (Å²) in [7, 11) is 0. The SMILES string of the molecule is CC(C)(CN)c1c(C(F)(F)F)[nH]c2cc(Br)ccc12. The molecule has 0 aliphatic carbocycles. The van der Waals surface area contributed by atoms with E-state index in [1.54, 1.807) is 32.0 Å². The highest BCUT2D eigenvalue weighted by atomic mass is 79.9. The maximum absolute atomic E-state index is 13.2. The van der Waals surface area contributed by atoms with E-state index in [4.69, 9.17) is 5.73 Å². The Balaban J connectivity index is 2.84. The number of rotatable bonds is 2. The average Bonchev–Trinajstić information content (AvgIpc) is 2.67. The van der Waals surface area contributed by atoms with Crippen LogP contribution in [0.5, 0.6) is 0 Å². The zero-order valence-electron chi connectivity index (χ0n) is 10.5. The van der Waals surface area contributed by atoms with Crippen LogP contribution >= 0.6 is 15.9 Å². The Morgan fingerprint density at radius 3 is 2.42 bits per heavy atom. The average molecular weight is 335 g/mol. The molecule has 0 aliphatic rings. The fraction of sp³-hybridized carbons (Fsp3) is 0.385. The molecule has 0 fully saturated rings. The lowest BCUT2D eigenvalue weighted by molar-refractivity contribution is -0.141. The van der Waals surface area contributed by atoms with Gasteiger partial charge in [0.1, 0.15) is 5.69 Å². The van der Waals surface area contributed by atoms with Gasteiger partial charge in [-0.25, -0.2) is 0 Å². The third kappa shape index (κ3) is 2.51. The summed E-state index contributed by atoms with van der Waals surface area (Å²) < 4.78 is 40.2. The van der Waals surface area contributed by atoms with E-state index in [0.717, 1.165) is 4.47 Å². The monoisotopic (exact) mass is 334 g/mol. The van der Waals surface area contributed by atoms with Gasteiger partial charge >= 0.3 is 6.18 Å². The summed E-state index contributed by atoms with van der Waals surface area (Å²) in [4.78, 5) is 2.47. The Morgan fingerprint density at radius 2 is 1.89 bits per heavy atom. The zero-order chi connectivity index (χ0) is 14.4. The van der Waals surface area contributed by atoms with Crippen molar-refractivity contribution in [2.75, 3.05) is 6.54 Å². The van der Waals surface area contributed by atoms with Crippen molar-refractivity contribution in [3.05, 3.63) is 33.9 Å². The van der Waals surface area contributed by atoms with Gasteiger partial charge < -0.3 is 10.7 Å². The maximum atomic E-state index is 13.2. The molecule has 1 heterocycles. The quantitative estimate of drug-likeness (QED) is 0.849. The fourth-order valence-corrected chi connectivity index (χ4v) is 2.55. The van der Waals surface area contributed by atoms with E-state index >= 15 is 0 Å². The molecule has 0 bridgehead atoms. The lowest BCUT2D eigenvalue weighted by atomic mass is 9.82. The first kappa shape index (κ1) is 14.4. The van der Waals surface area contributed by atoms with Crippen LogP contribution in [0.1, 0.15) is 25.1 Å². The number of halogens is 4. The van der Waals surface area contributed by atoms with Gasteiger partial charge in [-0.1, -0.05) is 35.8 Å². The van der Waals surface area contributed by atoms with Crippen molar-refractivity contribution in [2.24, 2.45) is 5.73 Å². The van der Waals surface area contributed by atoms with Crippen molar-refractivity contribution in [2.45, 2.75) is 25.4 Å². The molecule has 2 rings (SSSR count). The van der Waals surface area contributed by atoms with Crippen LogP contribution in [0.25, 0.3) is 10.9 Å². The minimum atomic E-state index is -4.42. The van der Waals surface area contributed by atoms with Crippen molar-refractivity contribution in [1.29, 1.82) is 0 Å². The molecule has 19 heavy (non-hydrogen) atoms. The summed E-state index contributed by atoms with van der Waals surface area (Å²) in [6, 6.07) is 5.05. The highest BCUT2D eigenvalue weighted by Crippen LogP contribution is 2.41. The second-order valence-corrected chi connectivity index (χ2v) is 6.07. The van der Waals surface area contributed by atoms with Crippen molar-refractivity contribution >= 4 is 26.8 Å². The third-order valence-electron chi connectivity index (χ3n) is 3.23. The Labute approximate surface area is 117 Å². The standard InChI is InChI=1S/C13H14BrF3N2/c1-12(2,6-18)10-8-4-3-7(14)5-9(8)19-11(10)13(15,16)17/h3-5,19H,6,18H2,1-2H3. The van der Waals surface area contributed by atoms with E-state index in [9.17, 15) is 13.2 Å². The Morgan fingerprint density at radius 1 is 1.26 bits per heavy atom. The maximum Gasteiger partial charge on any atom is 0.431 e. The summed E-state index contributed by atoms with van der Waals surface area (Å²) in [6.45, 7) is 3.57. The van der Waals surface area contributed by atoms with Gasteiger partial charge in [-0.2, -0.15) is 13.2 Å². The molecule has 0 unspecified atom stereocenters. The molecule has 0 aliphatic heterocycles. The number of aromatic nitrogens is 1. The molecule has 2 nitrogen and oxygen atoms in total. The Kier molecular flexibility index (Phi) is 3.43. The highest BCUT2D eigenvalue weighted by Gasteiger charge is 2.40. The Hall–Kier alpha value is -1.01. The fourth-order valence-electron chi connectivity index (χ4n) is 2.19. The van der Waals surface area contributed by atoms with Gasteiger partial charge in [0.05, 0.1) is 0 Å². The van der Waals surface area contributed by atoms with Crippen molar-refractivity contribution < 1.29 is 13.2 Å². The van der Waals surface area contributed by atoms with Gasteiger partial charge in [-0.05, 0) is 17.7 Å². The number of hydrogen-bond donors (Lipinski definition) is 2. The lowest BCUT2D eigenvalue weighted by Gasteiger charge is -2.24. The van der Waals surface area contributed by atoms with Gasteiger partial charge in [-0.3, -0.25) is 0 Å². The molecule has 0 saturated heterocycles. The van der Waals surface area contributed by atoms with E-state index in [0.29, 0.717) is 10.9 Å². The topological polar surface area (TPSA) is 41.8 Å². The van der Waals surface area contributed by atoms with Crippen molar-refractivity contribution in [1.82, 2.24) is 4.98 Å². The first-order valence-corrected chi connectivity index (χ1v) is 6.55. The largest absolute Gasteiger partial charge is 0.431 e. The number of nitrogens with two attached hydrogens (primary N) is 1. The van der Waals surface area contributed by atoms with Crippen LogP contribution in [0.2, 0.25) is 0 Å². The normalized spacial score (nSPS) is 13.2. The second-order valence-electron chi connectivity index (χ2n) is 5.15. The molecule has 3 N–H and O–H groups in total. The summed E-state index contributed by atoms with van der Waals surface area (Å²) in [5, 5.41) is 0.561. The minimum absolute atomic E-state index is 0.138. The van der Waals surface area contributed by atoms with E-state index in [1.807, 2.05) is 0 Å². The van der Waals surface area contributed by atoms with Crippen LogP contribution in [0.3, 0.4) is 0 Å². The highest BCUT2D eigenvalue weighted by molar-refractivity contribution is 9.10. The molecule has 1 aromatic heterocycles. The zero-order valence-corrected chi connectivity index (χ0v) is 12.1. The summed E-state index contributed by atoms with van der Waals surface area (Å²) in [5.74, 6) is 0. The number of benzene rings is 1. The van der Waals surface area contributed by atoms with Crippen molar-refractivity contribution in [3.63, 3.8) is 0 Å². The van der Waals surface area contributed by atoms with Gasteiger partial charge in [0.2, 0.25) is 0 Å². The first-order valence-electron chi connectivity index (χ1n) is 5.76. The van der Waals surface area contributed by atoms with Gasteiger partial charge in [-0.15, -0.1) is 0 Å². The van der Waals surface area contributed by atoms with Crippen molar-refractivity contribution in [3.8, 4) is 0 Å². The van der Waals surface area contributed by atoms with Gasteiger partial charge in [0, 0.05) is 27.3 Å². The number of fused-ring (bicyclic) bond motifs is 1. The lowest BCUT2D eigenvalue weighted by Crippen LogP contribution is -2.30. The smallest absolute Gasteiger partial charge is 0.351 e. The predicted octanol–water partition coefficient (Wildman–Crippen LogP) is 4.19. The molecule has 104 valence electrons. The molecule has 1 aromatic carbocycles. The molecule has 0 saturated carbocycles. The number of hydrogen-bond acceptors (Lipinski definition) is 1. The number of alkyl halides is 3. The van der Waals surface area contributed by atoms with Crippen LogP contribution in [-0.2, 0) is 11.6 Å². The van der Waals surface area contributed by atoms with Crippen LogP contribution in [0.4, 0.5) is 13.2 Å². The van der Waals surface area contributed by atoms with E-state index in [1.165, 1.54) is 0 Å². The summed E-state index contributed by atoms with van der Waals surface area (Å²) >= 11 is 3.26. The molecular weight excluding hydrogens is 321 g/mol. The molecule has 0 radical (unpaired) electrons. The Bertz CT molecular complexity index is 614. The van der Waals surface area contributed by atoms with Crippen LogP contribution in [0, 0.1) is 0 Å². The van der Waals surface area contributed by atoms with E-state index in [2.05, 4.69) is 20.9 Å². The van der Waals surface area contributed by atoms with Crippen LogP contribution in [-0.4, -0.2) is 11.5 Å². The molecule has 6 heteroatoms. The first-order chi connectivity index (χ1) is 8.66. The number of aromatic amines is 1. The summed E-state index contributed by atoms with van der Waals surface area (Å²) in [6.07, 6.45) is -4.42. The summed E-state index contributed by atoms with van der Waals surface area (Å²) in [5.41, 5.74) is 4.86. The molecule has 0 spiro atoms. The molecule has 2 aromatic rings. The van der Waals surface area contributed by atoms with E-state index in [-0.39, 0.29) is 12.1 Å². The van der Waals surface area contributed by atoms with Crippen LogP contribution in [0.15, 0.2) is 22.7 Å². The van der Waals surface area contributed by atoms with Gasteiger partial charge in [0.25, 0.3) is 0 Å². The number of H-pyrrole nitrogens is 1. The predicted molar refractivity (Wildman–Crippen MR) is 73.1 cm³/mol. The van der Waals surface area contributed by atoms with Crippen LogP contribution < -0.4 is 5.73 Å².